The van der Waals surface area contributed by atoms with E-state index < -0.39 is 0 Å². The van der Waals surface area contributed by atoms with E-state index in [9.17, 15) is 4.79 Å². The molecule has 1 atom stereocenters. The number of likely N-dealkylation sites (N-methyl/N-ethyl adjacent to an activating group) is 1. The molecule has 0 saturated heterocycles. The molecule has 1 N–H and O–H groups in total. The summed E-state index contributed by atoms with van der Waals surface area (Å²) in [6.07, 6.45) is 2.00. The van der Waals surface area contributed by atoms with Crippen molar-refractivity contribution < 1.29 is 4.79 Å². The first kappa shape index (κ1) is 16.2. The highest BCUT2D eigenvalue weighted by molar-refractivity contribution is 5.78. The molecule has 1 aromatic carbocycles. The van der Waals surface area contributed by atoms with Crippen molar-refractivity contribution in [1.29, 1.82) is 0 Å². The summed E-state index contributed by atoms with van der Waals surface area (Å²) in [4.78, 5) is 14.1. The smallest absolute Gasteiger partial charge is 0.234 e. The Hall–Kier alpha value is -2.14. The summed E-state index contributed by atoms with van der Waals surface area (Å²) in [6, 6.07) is 10.00. The molecule has 0 spiro atoms. The van der Waals surface area contributed by atoms with E-state index in [0.29, 0.717) is 13.1 Å². The number of rotatable bonds is 6. The van der Waals surface area contributed by atoms with Crippen LogP contribution in [-0.4, -0.2) is 34.2 Å². The van der Waals surface area contributed by atoms with Crippen LogP contribution in [0.3, 0.4) is 0 Å². The minimum atomic E-state index is 0.0160. The van der Waals surface area contributed by atoms with Crippen LogP contribution in [0.25, 0.3) is 0 Å². The molecular weight excluding hydrogens is 276 g/mol. The molecule has 0 aliphatic heterocycles. The highest BCUT2D eigenvalue weighted by Gasteiger charge is 2.13. The zero-order chi connectivity index (χ0) is 16.1. The molecule has 0 radical (unpaired) electrons. The van der Waals surface area contributed by atoms with Crippen LogP contribution in [0, 0.1) is 6.92 Å². The molecule has 0 fully saturated rings. The Morgan fingerprint density at radius 1 is 1.36 bits per heavy atom. The van der Waals surface area contributed by atoms with Gasteiger partial charge in [0.2, 0.25) is 5.91 Å². The largest absolute Gasteiger partial charge is 0.348 e. The van der Waals surface area contributed by atoms with Crippen LogP contribution in [0.15, 0.2) is 36.5 Å². The number of carbonyl (C=O) groups is 1. The molecule has 22 heavy (non-hydrogen) atoms. The summed E-state index contributed by atoms with van der Waals surface area (Å²) in [6.45, 7) is 5.07. The van der Waals surface area contributed by atoms with Crippen LogP contribution in [0.1, 0.15) is 29.8 Å². The van der Waals surface area contributed by atoms with E-state index in [1.807, 2.05) is 69.4 Å². The van der Waals surface area contributed by atoms with Crippen LogP contribution < -0.4 is 5.32 Å². The number of hydrogen-bond donors (Lipinski definition) is 1. The standard InChI is InChI=1S/C17H24N4O/c1-13(15-8-6-5-7-9-15)18-17(22)12-20(3)10-16-11-21(4)19-14(16)2/h5-9,11,13H,10,12H2,1-4H3,(H,18,22). The zero-order valence-electron chi connectivity index (χ0n) is 13.7. The van der Waals surface area contributed by atoms with E-state index in [1.54, 1.807) is 4.68 Å². The summed E-state index contributed by atoms with van der Waals surface area (Å²) >= 11 is 0. The number of aromatic nitrogens is 2. The number of hydrogen-bond acceptors (Lipinski definition) is 3. The predicted molar refractivity (Wildman–Crippen MR) is 87.3 cm³/mol. The van der Waals surface area contributed by atoms with Crippen LogP contribution in [0.4, 0.5) is 0 Å². The first-order valence-corrected chi connectivity index (χ1v) is 7.47. The fourth-order valence-electron chi connectivity index (χ4n) is 2.51. The van der Waals surface area contributed by atoms with Crippen molar-refractivity contribution in [3.05, 3.63) is 53.3 Å². The number of amides is 1. The minimum absolute atomic E-state index is 0.0160. The summed E-state index contributed by atoms with van der Waals surface area (Å²) in [5, 5.41) is 7.35. The molecule has 0 aliphatic rings. The average Bonchev–Trinajstić information content (AvgIpc) is 2.77. The van der Waals surface area contributed by atoms with E-state index in [-0.39, 0.29) is 11.9 Å². The number of carbonyl (C=O) groups excluding carboxylic acids is 1. The van der Waals surface area contributed by atoms with E-state index in [2.05, 4.69) is 10.4 Å². The van der Waals surface area contributed by atoms with Crippen molar-refractivity contribution in [1.82, 2.24) is 20.0 Å². The van der Waals surface area contributed by atoms with Gasteiger partial charge in [0.15, 0.2) is 0 Å². The third-order valence-electron chi connectivity index (χ3n) is 3.65. The Kier molecular flexibility index (Phi) is 5.33. The predicted octanol–water partition coefficient (Wildman–Crippen LogP) is 2.04. The lowest BCUT2D eigenvalue weighted by Crippen LogP contribution is -2.36. The highest BCUT2D eigenvalue weighted by atomic mass is 16.2. The van der Waals surface area contributed by atoms with E-state index in [0.717, 1.165) is 16.8 Å². The van der Waals surface area contributed by atoms with Crippen LogP contribution in [0.2, 0.25) is 0 Å². The van der Waals surface area contributed by atoms with Gasteiger partial charge in [0.1, 0.15) is 0 Å². The van der Waals surface area contributed by atoms with Crippen LogP contribution >= 0.6 is 0 Å². The molecule has 118 valence electrons. The van der Waals surface area contributed by atoms with Crippen molar-refractivity contribution in [2.75, 3.05) is 13.6 Å². The van der Waals surface area contributed by atoms with E-state index >= 15 is 0 Å². The molecule has 0 saturated carbocycles. The zero-order valence-corrected chi connectivity index (χ0v) is 13.7. The van der Waals surface area contributed by atoms with Crippen LogP contribution in [0.5, 0.6) is 0 Å². The van der Waals surface area contributed by atoms with E-state index in [1.165, 1.54) is 0 Å². The Bertz CT molecular complexity index is 621. The van der Waals surface area contributed by atoms with Crippen molar-refractivity contribution in [2.45, 2.75) is 26.4 Å². The Morgan fingerprint density at radius 3 is 2.64 bits per heavy atom. The Morgan fingerprint density at radius 2 is 2.05 bits per heavy atom. The van der Waals surface area contributed by atoms with Gasteiger partial charge in [-0.3, -0.25) is 14.4 Å². The van der Waals surface area contributed by atoms with Gasteiger partial charge >= 0.3 is 0 Å². The fourth-order valence-corrected chi connectivity index (χ4v) is 2.51. The van der Waals surface area contributed by atoms with Gasteiger partial charge in [-0.15, -0.1) is 0 Å². The third kappa shape index (κ3) is 4.43. The molecule has 2 aromatic rings. The molecule has 1 aromatic heterocycles. The van der Waals surface area contributed by atoms with Gasteiger partial charge < -0.3 is 5.32 Å². The summed E-state index contributed by atoms with van der Waals surface area (Å²) in [7, 11) is 3.85. The Labute approximate surface area is 131 Å². The lowest BCUT2D eigenvalue weighted by molar-refractivity contribution is -0.122. The van der Waals surface area contributed by atoms with Gasteiger partial charge in [-0.2, -0.15) is 5.10 Å². The molecule has 1 unspecified atom stereocenters. The maximum atomic E-state index is 12.1. The van der Waals surface area contributed by atoms with Crippen molar-refractivity contribution in [2.24, 2.45) is 7.05 Å². The van der Waals surface area contributed by atoms with Gasteiger partial charge in [0.05, 0.1) is 18.3 Å². The molecule has 1 heterocycles. The van der Waals surface area contributed by atoms with Gasteiger partial charge in [-0.25, -0.2) is 0 Å². The van der Waals surface area contributed by atoms with Gasteiger partial charge in [-0.1, -0.05) is 30.3 Å². The van der Waals surface area contributed by atoms with Gasteiger partial charge in [-0.05, 0) is 26.5 Å². The van der Waals surface area contributed by atoms with Crippen molar-refractivity contribution in [3.8, 4) is 0 Å². The molecule has 5 heteroatoms. The maximum Gasteiger partial charge on any atom is 0.234 e. The molecule has 0 bridgehead atoms. The topological polar surface area (TPSA) is 50.2 Å². The number of benzene rings is 1. The molecule has 5 nitrogen and oxygen atoms in total. The SMILES string of the molecule is Cc1nn(C)cc1CN(C)CC(=O)NC(C)c1ccccc1. The quantitative estimate of drug-likeness (QED) is 0.888. The maximum absolute atomic E-state index is 12.1. The fraction of sp³-hybridized carbons (Fsp3) is 0.412. The Balaban J connectivity index is 1.85. The third-order valence-corrected chi connectivity index (χ3v) is 3.65. The minimum Gasteiger partial charge on any atom is -0.348 e. The first-order valence-electron chi connectivity index (χ1n) is 7.47. The summed E-state index contributed by atoms with van der Waals surface area (Å²) in [5.41, 5.74) is 3.27. The average molecular weight is 300 g/mol. The number of nitrogens with one attached hydrogen (secondary N) is 1. The van der Waals surface area contributed by atoms with Gasteiger partial charge in [0.25, 0.3) is 0 Å². The monoisotopic (exact) mass is 300 g/mol. The lowest BCUT2D eigenvalue weighted by atomic mass is 10.1. The number of aryl methyl sites for hydroxylation is 2. The molecule has 1 amide bonds. The number of nitrogens with zero attached hydrogens (tertiary/aromatic N) is 3. The molecular formula is C17H24N4O. The second kappa shape index (κ2) is 7.22. The normalized spacial score (nSPS) is 12.4. The van der Waals surface area contributed by atoms with Gasteiger partial charge in [0, 0.05) is 25.4 Å². The lowest BCUT2D eigenvalue weighted by Gasteiger charge is -2.19. The van der Waals surface area contributed by atoms with Crippen molar-refractivity contribution >= 4 is 5.91 Å². The molecule has 0 aliphatic carbocycles. The molecule has 2 rings (SSSR count). The summed E-state index contributed by atoms with van der Waals surface area (Å²) in [5.74, 6) is 0.0281. The van der Waals surface area contributed by atoms with E-state index in [4.69, 9.17) is 0 Å². The highest BCUT2D eigenvalue weighted by Crippen LogP contribution is 2.11. The first-order chi connectivity index (χ1) is 10.5. The second-order valence-corrected chi connectivity index (χ2v) is 5.79. The van der Waals surface area contributed by atoms with Crippen LogP contribution in [-0.2, 0) is 18.4 Å². The summed E-state index contributed by atoms with van der Waals surface area (Å²) < 4.78 is 1.80. The second-order valence-electron chi connectivity index (χ2n) is 5.79. The van der Waals surface area contributed by atoms with Crippen molar-refractivity contribution in [3.63, 3.8) is 0 Å².